The lowest BCUT2D eigenvalue weighted by Crippen LogP contribution is -2.47. The number of hydrogen-bond donors (Lipinski definition) is 1. The van der Waals surface area contributed by atoms with Gasteiger partial charge in [0.25, 0.3) is 5.91 Å². The second-order valence-electron chi connectivity index (χ2n) is 8.65. The molecule has 32 heavy (non-hydrogen) atoms. The molecule has 1 aromatic heterocycles. The average molecular weight is 444 g/mol. The van der Waals surface area contributed by atoms with Gasteiger partial charge < -0.3 is 19.9 Å². The van der Waals surface area contributed by atoms with Gasteiger partial charge in [-0.05, 0) is 51.2 Å². The van der Waals surface area contributed by atoms with Gasteiger partial charge in [0, 0.05) is 32.4 Å². The van der Waals surface area contributed by atoms with E-state index in [1.807, 2.05) is 0 Å². The van der Waals surface area contributed by atoms with E-state index in [0.29, 0.717) is 38.3 Å². The molecule has 0 aromatic carbocycles. The number of nitrogens with zero attached hydrogens (tertiary/aromatic N) is 4. The zero-order valence-corrected chi connectivity index (χ0v) is 18.5. The third-order valence-electron chi connectivity index (χ3n) is 6.42. The molecule has 0 bridgehead atoms. The Hall–Kier alpha value is -3.17. The molecule has 3 heterocycles. The van der Waals surface area contributed by atoms with Gasteiger partial charge in [0.15, 0.2) is 0 Å². The predicted octanol–water partition coefficient (Wildman–Crippen LogP) is 1.02. The van der Waals surface area contributed by atoms with Crippen molar-refractivity contribution in [1.29, 1.82) is 0 Å². The maximum atomic E-state index is 12.9. The molecule has 1 N–H and O–H groups in total. The number of esters is 1. The average Bonchev–Trinajstić information content (AvgIpc) is 3.62. The van der Waals surface area contributed by atoms with Crippen LogP contribution in [0.5, 0.6) is 0 Å². The molecule has 1 saturated carbocycles. The summed E-state index contributed by atoms with van der Waals surface area (Å²) in [6.07, 6.45) is 4.06. The molecule has 2 saturated heterocycles. The number of ether oxygens (including phenoxy) is 1. The van der Waals surface area contributed by atoms with E-state index < -0.39 is 17.5 Å². The van der Waals surface area contributed by atoms with Crippen molar-refractivity contribution in [2.24, 2.45) is 5.92 Å². The van der Waals surface area contributed by atoms with Crippen molar-refractivity contribution >= 4 is 29.6 Å². The fraction of sp³-hybridized carbons (Fsp3) is 0.591. The van der Waals surface area contributed by atoms with Crippen LogP contribution in [-0.4, -0.2) is 83.5 Å². The standard InChI is InChI=1S/C22H29N5O5/c1-3-32-19(29)15-5-8-17(23-13-15)25-9-4-10-26(12-11-25)18(28)14-27-20(30)22(2,16-6-7-16)24-21(27)31/h5,8,13,16H,3-4,6-7,9-12,14H2,1-2H3,(H,24,31). The first-order chi connectivity index (χ1) is 15.3. The minimum atomic E-state index is -0.881. The van der Waals surface area contributed by atoms with Gasteiger partial charge in [0.05, 0.1) is 12.2 Å². The number of hydrogen-bond acceptors (Lipinski definition) is 7. The van der Waals surface area contributed by atoms with Gasteiger partial charge in [0.2, 0.25) is 5.91 Å². The third-order valence-corrected chi connectivity index (χ3v) is 6.42. The first-order valence-corrected chi connectivity index (χ1v) is 11.1. The van der Waals surface area contributed by atoms with Gasteiger partial charge >= 0.3 is 12.0 Å². The molecule has 0 radical (unpaired) electrons. The maximum Gasteiger partial charge on any atom is 0.339 e. The van der Waals surface area contributed by atoms with Crippen molar-refractivity contribution in [1.82, 2.24) is 20.1 Å². The Bertz CT molecular complexity index is 916. The van der Waals surface area contributed by atoms with E-state index in [-0.39, 0.29) is 24.3 Å². The summed E-state index contributed by atoms with van der Waals surface area (Å²) < 4.78 is 4.98. The summed E-state index contributed by atoms with van der Waals surface area (Å²) in [6, 6.07) is 2.97. The van der Waals surface area contributed by atoms with E-state index in [1.165, 1.54) is 6.20 Å². The van der Waals surface area contributed by atoms with Crippen LogP contribution in [0.2, 0.25) is 0 Å². The molecule has 0 spiro atoms. The number of rotatable bonds is 6. The highest BCUT2D eigenvalue weighted by Crippen LogP contribution is 2.42. The summed E-state index contributed by atoms with van der Waals surface area (Å²) in [6.45, 7) is 5.85. The summed E-state index contributed by atoms with van der Waals surface area (Å²) >= 11 is 0. The lowest BCUT2D eigenvalue weighted by atomic mass is 9.96. The van der Waals surface area contributed by atoms with Crippen molar-refractivity contribution in [3.63, 3.8) is 0 Å². The van der Waals surface area contributed by atoms with Crippen molar-refractivity contribution in [2.75, 3.05) is 44.2 Å². The van der Waals surface area contributed by atoms with Crippen LogP contribution in [0.15, 0.2) is 18.3 Å². The highest BCUT2D eigenvalue weighted by Gasteiger charge is 2.56. The lowest BCUT2D eigenvalue weighted by Gasteiger charge is -2.25. The Morgan fingerprint density at radius 2 is 1.97 bits per heavy atom. The number of carbonyl (C=O) groups excluding carboxylic acids is 4. The van der Waals surface area contributed by atoms with Crippen molar-refractivity contribution in [3.05, 3.63) is 23.9 Å². The lowest BCUT2D eigenvalue weighted by molar-refractivity contribution is -0.139. The molecule has 10 heteroatoms. The van der Waals surface area contributed by atoms with Gasteiger partial charge in [-0.3, -0.25) is 14.5 Å². The Kier molecular flexibility index (Phi) is 6.03. The van der Waals surface area contributed by atoms with Crippen LogP contribution in [0, 0.1) is 5.92 Å². The topological polar surface area (TPSA) is 112 Å². The molecular formula is C22H29N5O5. The fourth-order valence-corrected chi connectivity index (χ4v) is 4.34. The van der Waals surface area contributed by atoms with E-state index in [9.17, 15) is 19.2 Å². The van der Waals surface area contributed by atoms with Gasteiger partial charge in [-0.25, -0.2) is 14.6 Å². The monoisotopic (exact) mass is 443 g/mol. The quantitative estimate of drug-likeness (QED) is 0.516. The molecule has 3 fully saturated rings. The minimum absolute atomic E-state index is 0.161. The number of nitrogens with one attached hydrogen (secondary N) is 1. The third kappa shape index (κ3) is 4.26. The van der Waals surface area contributed by atoms with Crippen molar-refractivity contribution < 1.29 is 23.9 Å². The zero-order chi connectivity index (χ0) is 22.9. The van der Waals surface area contributed by atoms with Crippen LogP contribution in [0.4, 0.5) is 10.6 Å². The molecule has 10 nitrogen and oxygen atoms in total. The van der Waals surface area contributed by atoms with Gasteiger partial charge in [0.1, 0.15) is 17.9 Å². The first-order valence-electron chi connectivity index (χ1n) is 11.1. The van der Waals surface area contributed by atoms with Crippen LogP contribution in [-0.2, 0) is 14.3 Å². The van der Waals surface area contributed by atoms with E-state index in [2.05, 4.69) is 15.2 Å². The van der Waals surface area contributed by atoms with Gasteiger partial charge in [-0.1, -0.05) is 0 Å². The molecule has 1 atom stereocenters. The number of pyridine rings is 1. The zero-order valence-electron chi connectivity index (χ0n) is 18.5. The largest absolute Gasteiger partial charge is 0.462 e. The summed E-state index contributed by atoms with van der Waals surface area (Å²) in [7, 11) is 0. The maximum absolute atomic E-state index is 12.9. The Morgan fingerprint density at radius 1 is 1.19 bits per heavy atom. The molecular weight excluding hydrogens is 414 g/mol. The normalized spacial score (nSPS) is 23.8. The van der Waals surface area contributed by atoms with Crippen molar-refractivity contribution in [3.8, 4) is 0 Å². The van der Waals surface area contributed by atoms with Crippen LogP contribution in [0.25, 0.3) is 0 Å². The minimum Gasteiger partial charge on any atom is -0.462 e. The number of anilines is 1. The SMILES string of the molecule is CCOC(=O)c1ccc(N2CCCN(C(=O)CN3C(=O)NC(C)(C4CC4)C3=O)CC2)nc1. The predicted molar refractivity (Wildman–Crippen MR) is 115 cm³/mol. The first kappa shape index (κ1) is 22.0. The number of carbonyl (C=O) groups is 4. The summed E-state index contributed by atoms with van der Waals surface area (Å²) in [5.41, 5.74) is -0.483. The van der Waals surface area contributed by atoms with Crippen LogP contribution >= 0.6 is 0 Å². The van der Waals surface area contributed by atoms with Crippen molar-refractivity contribution in [2.45, 2.75) is 38.6 Å². The van der Waals surface area contributed by atoms with E-state index in [1.54, 1.807) is 30.9 Å². The fourth-order valence-electron chi connectivity index (χ4n) is 4.34. The molecule has 2 aliphatic heterocycles. The highest BCUT2D eigenvalue weighted by molar-refractivity contribution is 6.09. The molecule has 1 aliphatic carbocycles. The Labute approximate surface area is 186 Å². The molecule has 3 aliphatic rings. The second kappa shape index (κ2) is 8.76. The van der Waals surface area contributed by atoms with Crippen LogP contribution in [0.1, 0.15) is 43.5 Å². The van der Waals surface area contributed by atoms with E-state index >= 15 is 0 Å². The number of amides is 4. The van der Waals surface area contributed by atoms with Crippen LogP contribution < -0.4 is 10.2 Å². The molecule has 4 rings (SSSR count). The molecule has 1 aromatic rings. The smallest absolute Gasteiger partial charge is 0.339 e. The van der Waals surface area contributed by atoms with Gasteiger partial charge in [-0.15, -0.1) is 0 Å². The van der Waals surface area contributed by atoms with E-state index in [0.717, 1.165) is 30.0 Å². The Balaban J connectivity index is 1.34. The summed E-state index contributed by atoms with van der Waals surface area (Å²) in [5, 5.41) is 2.78. The van der Waals surface area contributed by atoms with Crippen LogP contribution in [0.3, 0.4) is 0 Å². The van der Waals surface area contributed by atoms with Gasteiger partial charge in [-0.2, -0.15) is 0 Å². The molecule has 1 unspecified atom stereocenters. The highest BCUT2D eigenvalue weighted by atomic mass is 16.5. The number of aromatic nitrogens is 1. The molecule has 172 valence electrons. The number of urea groups is 1. The Morgan fingerprint density at radius 3 is 2.62 bits per heavy atom. The van der Waals surface area contributed by atoms with E-state index in [4.69, 9.17) is 4.74 Å². The molecule has 4 amide bonds. The second-order valence-corrected chi connectivity index (χ2v) is 8.65. The summed E-state index contributed by atoms with van der Waals surface area (Å²) in [4.78, 5) is 59.0. The number of imide groups is 1. The summed E-state index contributed by atoms with van der Waals surface area (Å²) in [5.74, 6) is -0.0608.